The van der Waals surface area contributed by atoms with Crippen LogP contribution in [0.2, 0.25) is 0 Å². The van der Waals surface area contributed by atoms with Gasteiger partial charge in [-0.05, 0) is 17.7 Å². The van der Waals surface area contributed by atoms with Gasteiger partial charge in [0.05, 0.1) is 29.6 Å². The normalized spacial score (nSPS) is 10.9. The van der Waals surface area contributed by atoms with Gasteiger partial charge in [0.25, 0.3) is 0 Å². The highest BCUT2D eigenvalue weighted by Gasteiger charge is 2.13. The predicted molar refractivity (Wildman–Crippen MR) is 107 cm³/mol. The van der Waals surface area contributed by atoms with E-state index in [1.165, 1.54) is 30.2 Å². The number of aromatic nitrogens is 4. The van der Waals surface area contributed by atoms with Crippen LogP contribution < -0.4 is 5.32 Å². The Balaban J connectivity index is 1.47. The number of fused-ring (bicyclic) bond motifs is 1. The lowest BCUT2D eigenvalue weighted by atomic mass is 10.2. The Labute approximate surface area is 164 Å². The van der Waals surface area contributed by atoms with Crippen LogP contribution in [-0.4, -0.2) is 31.4 Å². The fraction of sp³-hybridized carbons (Fsp3) is 0.100. The zero-order valence-electron chi connectivity index (χ0n) is 14.7. The van der Waals surface area contributed by atoms with Gasteiger partial charge in [0.2, 0.25) is 5.91 Å². The number of nitrogens with one attached hydrogen (secondary N) is 1. The van der Waals surface area contributed by atoms with Gasteiger partial charge in [0.15, 0.2) is 5.65 Å². The van der Waals surface area contributed by atoms with Crippen molar-refractivity contribution in [2.45, 2.75) is 11.6 Å². The third kappa shape index (κ3) is 4.01. The molecule has 0 aliphatic heterocycles. The van der Waals surface area contributed by atoms with Gasteiger partial charge < -0.3 is 5.32 Å². The zero-order valence-corrected chi connectivity index (χ0v) is 15.6. The lowest BCUT2D eigenvalue weighted by Crippen LogP contribution is -2.15. The summed E-state index contributed by atoms with van der Waals surface area (Å²) in [5, 5.41) is 8.42. The Morgan fingerprint density at radius 1 is 1.07 bits per heavy atom. The minimum atomic E-state index is -0.465. The summed E-state index contributed by atoms with van der Waals surface area (Å²) in [6.07, 6.45) is 3.16. The summed E-state index contributed by atoms with van der Waals surface area (Å²) in [4.78, 5) is 20.8. The topological polar surface area (TPSA) is 72.7 Å². The summed E-state index contributed by atoms with van der Waals surface area (Å²) < 4.78 is 15.5. The number of thioether (sulfide) groups is 1. The minimum Gasteiger partial charge on any atom is -0.323 e. The number of para-hydroxylation sites is 1. The molecule has 0 aliphatic rings. The maximum atomic E-state index is 13.7. The Morgan fingerprint density at radius 3 is 2.68 bits per heavy atom. The molecule has 0 spiro atoms. The molecule has 6 nitrogen and oxygen atoms in total. The molecule has 2 heterocycles. The van der Waals surface area contributed by atoms with E-state index < -0.39 is 5.82 Å². The first-order chi connectivity index (χ1) is 13.7. The Hall–Kier alpha value is -3.26. The van der Waals surface area contributed by atoms with Crippen LogP contribution in [0.5, 0.6) is 0 Å². The third-order valence-corrected chi connectivity index (χ3v) is 5.07. The van der Waals surface area contributed by atoms with Crippen LogP contribution in [0.25, 0.3) is 11.0 Å². The molecule has 0 unspecified atom stereocenters. The van der Waals surface area contributed by atoms with Gasteiger partial charge in [-0.2, -0.15) is 5.10 Å². The number of nitrogens with zero attached hydrogens (tertiary/aromatic N) is 4. The van der Waals surface area contributed by atoms with Crippen molar-refractivity contribution >= 4 is 34.4 Å². The summed E-state index contributed by atoms with van der Waals surface area (Å²) in [6.45, 7) is 0.596. The average molecular weight is 393 g/mol. The largest absolute Gasteiger partial charge is 0.323 e. The molecule has 0 saturated heterocycles. The minimum absolute atomic E-state index is 0.102. The molecule has 1 N–H and O–H groups in total. The second-order valence-electron chi connectivity index (χ2n) is 6.02. The molecular weight excluding hydrogens is 377 g/mol. The predicted octanol–water partition coefficient (Wildman–Crippen LogP) is 3.74. The van der Waals surface area contributed by atoms with E-state index in [1.54, 1.807) is 23.0 Å². The van der Waals surface area contributed by atoms with Gasteiger partial charge in [0, 0.05) is 0 Å². The molecule has 140 valence electrons. The van der Waals surface area contributed by atoms with Crippen molar-refractivity contribution in [1.82, 2.24) is 19.7 Å². The van der Waals surface area contributed by atoms with Crippen molar-refractivity contribution in [3.05, 3.63) is 78.5 Å². The first kappa shape index (κ1) is 18.1. The number of carbonyl (C=O) groups is 1. The van der Waals surface area contributed by atoms with Crippen LogP contribution in [-0.2, 0) is 11.3 Å². The molecule has 4 aromatic rings. The highest BCUT2D eigenvalue weighted by molar-refractivity contribution is 8.00. The first-order valence-corrected chi connectivity index (χ1v) is 9.57. The highest BCUT2D eigenvalue weighted by atomic mass is 32.2. The highest BCUT2D eigenvalue weighted by Crippen LogP contribution is 2.25. The van der Waals surface area contributed by atoms with Crippen LogP contribution in [0.4, 0.5) is 10.1 Å². The molecule has 1 amide bonds. The van der Waals surface area contributed by atoms with E-state index in [0.29, 0.717) is 17.2 Å². The standard InChI is InChI=1S/C20H16FN5OS/c21-16-8-4-5-9-17(16)25-18(27)12-28-20-15-10-24-26(19(15)22-13-23-20)11-14-6-2-1-3-7-14/h1-10,13H,11-12H2,(H,25,27). The van der Waals surface area contributed by atoms with E-state index in [4.69, 9.17) is 0 Å². The second kappa shape index (κ2) is 8.18. The van der Waals surface area contributed by atoms with Crippen molar-refractivity contribution < 1.29 is 9.18 Å². The van der Waals surface area contributed by atoms with Crippen molar-refractivity contribution in [3.63, 3.8) is 0 Å². The summed E-state index contributed by atoms with van der Waals surface area (Å²) in [5.41, 5.74) is 1.98. The van der Waals surface area contributed by atoms with E-state index in [0.717, 1.165) is 10.9 Å². The third-order valence-electron chi connectivity index (χ3n) is 4.06. The zero-order chi connectivity index (χ0) is 19.3. The lowest BCUT2D eigenvalue weighted by Gasteiger charge is -2.06. The summed E-state index contributed by atoms with van der Waals surface area (Å²) >= 11 is 1.26. The first-order valence-electron chi connectivity index (χ1n) is 8.58. The number of anilines is 1. The Morgan fingerprint density at radius 2 is 1.86 bits per heavy atom. The summed E-state index contributed by atoms with van der Waals surface area (Å²) in [6, 6.07) is 16.0. The number of hydrogen-bond donors (Lipinski definition) is 1. The van der Waals surface area contributed by atoms with Crippen LogP contribution in [0.1, 0.15) is 5.56 Å². The number of benzene rings is 2. The molecule has 0 radical (unpaired) electrons. The molecule has 2 aromatic carbocycles. The smallest absolute Gasteiger partial charge is 0.234 e. The van der Waals surface area contributed by atoms with E-state index in [2.05, 4.69) is 20.4 Å². The monoisotopic (exact) mass is 393 g/mol. The Bertz CT molecular complexity index is 1120. The van der Waals surface area contributed by atoms with Gasteiger partial charge in [-0.3, -0.25) is 4.79 Å². The second-order valence-corrected chi connectivity index (χ2v) is 6.98. The molecule has 28 heavy (non-hydrogen) atoms. The van der Waals surface area contributed by atoms with E-state index in [9.17, 15) is 9.18 Å². The molecule has 8 heteroatoms. The summed E-state index contributed by atoms with van der Waals surface area (Å²) in [5.74, 6) is -0.671. The molecule has 0 aliphatic carbocycles. The fourth-order valence-corrected chi connectivity index (χ4v) is 3.50. The van der Waals surface area contributed by atoms with Crippen molar-refractivity contribution in [3.8, 4) is 0 Å². The number of halogens is 1. The van der Waals surface area contributed by atoms with Gasteiger partial charge in [-0.25, -0.2) is 19.0 Å². The quantitative estimate of drug-likeness (QED) is 0.399. The van der Waals surface area contributed by atoms with Gasteiger partial charge in [0.1, 0.15) is 17.2 Å². The Kier molecular flexibility index (Phi) is 5.29. The molecule has 0 fully saturated rings. The maximum absolute atomic E-state index is 13.7. The number of amides is 1. The molecule has 0 saturated carbocycles. The van der Waals surface area contributed by atoms with Crippen molar-refractivity contribution in [2.24, 2.45) is 0 Å². The molecule has 0 atom stereocenters. The van der Waals surface area contributed by atoms with Crippen molar-refractivity contribution in [1.29, 1.82) is 0 Å². The average Bonchev–Trinajstić information content (AvgIpc) is 3.12. The van der Waals surface area contributed by atoms with Gasteiger partial charge >= 0.3 is 0 Å². The molecular formula is C20H16FN5OS. The van der Waals surface area contributed by atoms with Crippen LogP contribution in [0, 0.1) is 5.82 Å². The van der Waals surface area contributed by atoms with Crippen molar-refractivity contribution in [2.75, 3.05) is 11.1 Å². The van der Waals surface area contributed by atoms with E-state index in [1.807, 2.05) is 30.3 Å². The maximum Gasteiger partial charge on any atom is 0.234 e. The number of rotatable bonds is 6. The van der Waals surface area contributed by atoms with Gasteiger partial charge in [-0.1, -0.05) is 54.2 Å². The molecule has 2 aromatic heterocycles. The van der Waals surface area contributed by atoms with Gasteiger partial charge in [-0.15, -0.1) is 0 Å². The SMILES string of the molecule is O=C(CSc1ncnc2c1cnn2Cc1ccccc1)Nc1ccccc1F. The lowest BCUT2D eigenvalue weighted by molar-refractivity contribution is -0.113. The number of hydrogen-bond acceptors (Lipinski definition) is 5. The van der Waals surface area contributed by atoms with Crippen LogP contribution in [0.3, 0.4) is 0 Å². The van der Waals surface area contributed by atoms with Crippen LogP contribution >= 0.6 is 11.8 Å². The van der Waals surface area contributed by atoms with Crippen LogP contribution in [0.15, 0.2) is 72.1 Å². The van der Waals surface area contributed by atoms with E-state index >= 15 is 0 Å². The van der Waals surface area contributed by atoms with E-state index in [-0.39, 0.29) is 17.3 Å². The number of carbonyl (C=O) groups excluding carboxylic acids is 1. The molecule has 4 rings (SSSR count). The fourth-order valence-electron chi connectivity index (χ4n) is 2.74. The molecule has 0 bridgehead atoms. The summed E-state index contributed by atoms with van der Waals surface area (Å²) in [7, 11) is 0.